The molecule has 1 aliphatic rings. The summed E-state index contributed by atoms with van der Waals surface area (Å²) < 4.78 is 21.2. The van der Waals surface area contributed by atoms with Gasteiger partial charge in [-0.25, -0.2) is 14.1 Å². The van der Waals surface area contributed by atoms with Crippen molar-refractivity contribution >= 4 is 17.7 Å². The topological polar surface area (TPSA) is 115 Å². The van der Waals surface area contributed by atoms with Gasteiger partial charge in [-0.15, -0.1) is 5.10 Å². The van der Waals surface area contributed by atoms with Gasteiger partial charge in [-0.05, 0) is 66.2 Å². The Morgan fingerprint density at radius 3 is 2.88 bits per heavy atom. The summed E-state index contributed by atoms with van der Waals surface area (Å²) in [5.74, 6) is -0.978. The highest BCUT2D eigenvalue weighted by Gasteiger charge is 2.21. The molecule has 33 heavy (non-hydrogen) atoms. The van der Waals surface area contributed by atoms with Crippen LogP contribution < -0.4 is 5.32 Å². The molecule has 0 unspecified atom stereocenters. The SMILES string of the molecule is CC(=O)OC[C@@H](C)n1nnnc1-c1cccc(NC(=O)c2cc3c(cc2F)CCN(C)C3)n1. The average molecular weight is 453 g/mol. The average Bonchev–Trinajstić information content (AvgIpc) is 3.27. The summed E-state index contributed by atoms with van der Waals surface area (Å²) >= 11 is 0. The highest BCUT2D eigenvalue weighted by Crippen LogP contribution is 2.24. The number of fused-ring (bicyclic) bond motifs is 1. The first-order valence-electron chi connectivity index (χ1n) is 10.5. The van der Waals surface area contributed by atoms with Gasteiger partial charge >= 0.3 is 5.97 Å². The van der Waals surface area contributed by atoms with E-state index in [2.05, 4.69) is 30.7 Å². The van der Waals surface area contributed by atoms with Crippen molar-refractivity contribution in [3.8, 4) is 11.5 Å². The Hall–Kier alpha value is -3.73. The van der Waals surface area contributed by atoms with Gasteiger partial charge in [-0.3, -0.25) is 9.59 Å². The van der Waals surface area contributed by atoms with Crippen molar-refractivity contribution in [1.29, 1.82) is 0 Å². The summed E-state index contributed by atoms with van der Waals surface area (Å²) in [5.41, 5.74) is 2.24. The third-order valence-corrected chi connectivity index (χ3v) is 5.39. The number of carbonyl (C=O) groups excluding carboxylic acids is 2. The van der Waals surface area contributed by atoms with Crippen molar-refractivity contribution < 1.29 is 18.7 Å². The predicted octanol–water partition coefficient (Wildman–Crippen LogP) is 2.24. The van der Waals surface area contributed by atoms with Gasteiger partial charge in [0.1, 0.15) is 23.9 Å². The summed E-state index contributed by atoms with van der Waals surface area (Å²) in [6, 6.07) is 7.69. The number of hydrogen-bond acceptors (Lipinski definition) is 8. The normalized spacial score (nSPS) is 14.4. The van der Waals surface area contributed by atoms with Gasteiger partial charge in [0.05, 0.1) is 11.6 Å². The first-order chi connectivity index (χ1) is 15.8. The van der Waals surface area contributed by atoms with Crippen LogP contribution in [-0.4, -0.2) is 62.2 Å². The maximum Gasteiger partial charge on any atom is 0.302 e. The van der Waals surface area contributed by atoms with Crippen molar-refractivity contribution in [3.63, 3.8) is 0 Å². The summed E-state index contributed by atoms with van der Waals surface area (Å²) in [6.07, 6.45) is 0.749. The van der Waals surface area contributed by atoms with Gasteiger partial charge in [-0.2, -0.15) is 0 Å². The minimum atomic E-state index is -0.587. The van der Waals surface area contributed by atoms with Gasteiger partial charge < -0.3 is 15.0 Å². The molecule has 1 amide bonds. The van der Waals surface area contributed by atoms with E-state index in [4.69, 9.17) is 4.74 Å². The van der Waals surface area contributed by atoms with Gasteiger partial charge in [-0.1, -0.05) is 6.07 Å². The number of esters is 1. The van der Waals surface area contributed by atoms with Crippen LogP contribution in [-0.2, 0) is 22.5 Å². The highest BCUT2D eigenvalue weighted by atomic mass is 19.1. The van der Waals surface area contributed by atoms with Crippen molar-refractivity contribution in [2.75, 3.05) is 25.5 Å². The molecule has 0 saturated heterocycles. The second-order valence-electron chi connectivity index (χ2n) is 8.05. The molecule has 1 aromatic carbocycles. The first-order valence-corrected chi connectivity index (χ1v) is 10.5. The zero-order valence-electron chi connectivity index (χ0n) is 18.6. The molecule has 3 aromatic rings. The molecule has 172 valence electrons. The molecule has 11 heteroatoms. The van der Waals surface area contributed by atoms with Crippen LogP contribution in [0.2, 0.25) is 0 Å². The third-order valence-electron chi connectivity index (χ3n) is 5.39. The number of tetrazole rings is 1. The molecule has 0 saturated carbocycles. The predicted molar refractivity (Wildman–Crippen MR) is 117 cm³/mol. The van der Waals surface area contributed by atoms with E-state index < -0.39 is 17.7 Å². The van der Waals surface area contributed by atoms with E-state index in [0.717, 1.165) is 24.1 Å². The minimum absolute atomic E-state index is 0.0314. The van der Waals surface area contributed by atoms with Crippen molar-refractivity contribution in [2.24, 2.45) is 0 Å². The van der Waals surface area contributed by atoms with Crippen LogP contribution in [0.25, 0.3) is 11.5 Å². The van der Waals surface area contributed by atoms with E-state index in [-0.39, 0.29) is 24.0 Å². The Labute approximate surface area is 189 Å². The number of hydrogen-bond donors (Lipinski definition) is 1. The maximum atomic E-state index is 14.6. The zero-order valence-corrected chi connectivity index (χ0v) is 18.6. The lowest BCUT2D eigenvalue weighted by Crippen LogP contribution is -2.27. The lowest BCUT2D eigenvalue weighted by atomic mass is 9.97. The molecule has 1 N–H and O–H groups in total. The van der Waals surface area contributed by atoms with Crippen molar-refractivity contribution in [3.05, 3.63) is 52.8 Å². The molecule has 0 aliphatic carbocycles. The zero-order chi connectivity index (χ0) is 23.5. The maximum absolute atomic E-state index is 14.6. The second-order valence-corrected chi connectivity index (χ2v) is 8.05. The van der Waals surface area contributed by atoms with Gasteiger partial charge in [0.25, 0.3) is 5.91 Å². The number of likely N-dealkylation sites (N-methyl/N-ethyl adjacent to an activating group) is 1. The number of benzene rings is 1. The molecule has 1 aliphatic heterocycles. The minimum Gasteiger partial charge on any atom is -0.464 e. The molecular formula is C22H24FN7O3. The summed E-state index contributed by atoms with van der Waals surface area (Å²) in [4.78, 5) is 30.5. The third kappa shape index (κ3) is 5.03. The van der Waals surface area contributed by atoms with E-state index in [1.807, 2.05) is 7.05 Å². The van der Waals surface area contributed by atoms with Crippen LogP contribution in [0, 0.1) is 5.82 Å². The molecule has 0 bridgehead atoms. The molecule has 0 fully saturated rings. The fourth-order valence-electron chi connectivity index (χ4n) is 3.67. The van der Waals surface area contributed by atoms with E-state index in [0.29, 0.717) is 18.1 Å². The number of pyridine rings is 1. The Balaban J connectivity index is 1.54. The van der Waals surface area contributed by atoms with E-state index >= 15 is 0 Å². The quantitative estimate of drug-likeness (QED) is 0.565. The Morgan fingerprint density at radius 1 is 1.27 bits per heavy atom. The molecule has 1 atom stereocenters. The Kier molecular flexibility index (Phi) is 6.40. The highest BCUT2D eigenvalue weighted by molar-refractivity contribution is 6.04. The number of nitrogens with zero attached hydrogens (tertiary/aromatic N) is 6. The van der Waals surface area contributed by atoms with Crippen LogP contribution in [0.3, 0.4) is 0 Å². The van der Waals surface area contributed by atoms with Crippen LogP contribution in [0.4, 0.5) is 10.2 Å². The Bertz CT molecular complexity index is 1200. The van der Waals surface area contributed by atoms with Crippen molar-refractivity contribution in [2.45, 2.75) is 32.9 Å². The van der Waals surface area contributed by atoms with Crippen molar-refractivity contribution in [1.82, 2.24) is 30.1 Å². The summed E-state index contributed by atoms with van der Waals surface area (Å²) in [5, 5.41) is 14.3. The standard InChI is InChI=1S/C22H24FN7O3/c1-13(12-33-14(2)31)30-21(26-27-28-30)19-5-4-6-20(24-19)25-22(32)17-9-16-11-29(3)8-7-15(16)10-18(17)23/h4-6,9-10,13H,7-8,11-12H2,1-3H3,(H,24,25,32)/t13-/m1/s1. The smallest absolute Gasteiger partial charge is 0.302 e. The fraction of sp³-hybridized carbons (Fsp3) is 0.364. The number of nitrogens with one attached hydrogen (secondary N) is 1. The molecule has 4 rings (SSSR count). The van der Waals surface area contributed by atoms with E-state index in [1.54, 1.807) is 31.2 Å². The molecule has 0 radical (unpaired) electrons. The monoisotopic (exact) mass is 453 g/mol. The Morgan fingerprint density at radius 2 is 2.09 bits per heavy atom. The molecule has 0 spiro atoms. The lowest BCUT2D eigenvalue weighted by Gasteiger charge is -2.25. The van der Waals surface area contributed by atoms with Crippen LogP contribution in [0.5, 0.6) is 0 Å². The second kappa shape index (κ2) is 9.41. The molecule has 10 nitrogen and oxygen atoms in total. The number of ether oxygens (including phenoxy) is 1. The van der Waals surface area contributed by atoms with E-state index in [9.17, 15) is 14.0 Å². The molecule has 2 aromatic heterocycles. The van der Waals surface area contributed by atoms with E-state index in [1.165, 1.54) is 17.7 Å². The first kappa shape index (κ1) is 22.5. The number of aromatic nitrogens is 5. The van der Waals surface area contributed by atoms with Crippen LogP contribution in [0.1, 0.15) is 41.4 Å². The number of rotatable bonds is 6. The molecular weight excluding hydrogens is 429 g/mol. The largest absolute Gasteiger partial charge is 0.464 e. The summed E-state index contributed by atoms with van der Waals surface area (Å²) in [7, 11) is 1.99. The van der Waals surface area contributed by atoms with Gasteiger partial charge in [0.15, 0.2) is 0 Å². The number of halogens is 1. The summed E-state index contributed by atoms with van der Waals surface area (Å²) in [6.45, 7) is 4.73. The van der Waals surface area contributed by atoms with Crippen LogP contribution in [0.15, 0.2) is 30.3 Å². The van der Waals surface area contributed by atoms with Gasteiger partial charge in [0.2, 0.25) is 5.82 Å². The number of amides is 1. The molecule has 3 heterocycles. The lowest BCUT2D eigenvalue weighted by molar-refractivity contribution is -0.142. The van der Waals surface area contributed by atoms with Crippen LogP contribution >= 0.6 is 0 Å². The fourth-order valence-corrected chi connectivity index (χ4v) is 3.67. The number of anilines is 1. The number of carbonyl (C=O) groups is 2. The van der Waals surface area contributed by atoms with Gasteiger partial charge in [0, 0.05) is 20.0 Å².